The van der Waals surface area contributed by atoms with Crippen LogP contribution in [-0.4, -0.2) is 26.1 Å². The third-order valence-electron chi connectivity index (χ3n) is 3.37. The predicted molar refractivity (Wildman–Crippen MR) is 91.4 cm³/mol. The highest BCUT2D eigenvalue weighted by Gasteiger charge is 2.07. The van der Waals surface area contributed by atoms with Crippen molar-refractivity contribution in [3.63, 3.8) is 0 Å². The molecule has 124 valence electrons. The molecule has 0 aliphatic carbocycles. The van der Waals surface area contributed by atoms with Gasteiger partial charge in [0.2, 0.25) is 5.91 Å². The van der Waals surface area contributed by atoms with Gasteiger partial charge in [0.05, 0.1) is 20.6 Å². The van der Waals surface area contributed by atoms with E-state index in [4.69, 9.17) is 4.74 Å². The number of carbonyl (C=O) groups is 2. The van der Waals surface area contributed by atoms with E-state index in [1.54, 1.807) is 7.11 Å². The van der Waals surface area contributed by atoms with Gasteiger partial charge in [0.25, 0.3) is 0 Å². The zero-order chi connectivity index (χ0) is 17.4. The number of carbonyl (C=O) groups excluding carboxylic acids is 2. The molecule has 0 fully saturated rings. The number of hydrogen-bond acceptors (Lipinski definition) is 4. The van der Waals surface area contributed by atoms with Crippen molar-refractivity contribution in [2.24, 2.45) is 0 Å². The summed E-state index contributed by atoms with van der Waals surface area (Å²) in [4.78, 5) is 22.9. The Labute approximate surface area is 140 Å². The zero-order valence-corrected chi connectivity index (χ0v) is 13.6. The lowest BCUT2D eigenvalue weighted by Crippen LogP contribution is -2.19. The number of ether oxygens (including phenoxy) is 2. The Balaban J connectivity index is 2.09. The lowest BCUT2D eigenvalue weighted by Gasteiger charge is -2.09. The van der Waals surface area contributed by atoms with E-state index in [9.17, 15) is 9.59 Å². The number of benzene rings is 2. The van der Waals surface area contributed by atoms with Crippen molar-refractivity contribution in [3.8, 4) is 16.9 Å². The van der Waals surface area contributed by atoms with Crippen molar-refractivity contribution < 1.29 is 19.1 Å². The summed E-state index contributed by atoms with van der Waals surface area (Å²) >= 11 is 0. The quantitative estimate of drug-likeness (QED) is 0.655. The molecule has 0 saturated heterocycles. The Morgan fingerprint density at radius 1 is 1.08 bits per heavy atom. The van der Waals surface area contributed by atoms with Crippen LogP contribution in [0, 0.1) is 0 Å². The van der Waals surface area contributed by atoms with Crippen molar-refractivity contribution in [2.45, 2.75) is 6.42 Å². The van der Waals surface area contributed by atoms with Crippen LogP contribution in [-0.2, 0) is 20.7 Å². The van der Waals surface area contributed by atoms with Crippen LogP contribution in [0.3, 0.4) is 0 Å². The van der Waals surface area contributed by atoms with Gasteiger partial charge >= 0.3 is 5.97 Å². The van der Waals surface area contributed by atoms with Crippen molar-refractivity contribution in [2.75, 3.05) is 14.2 Å². The van der Waals surface area contributed by atoms with Crippen LogP contribution in [0.5, 0.6) is 5.75 Å². The second-order valence-electron chi connectivity index (χ2n) is 5.00. The number of amides is 1. The van der Waals surface area contributed by atoms with Crippen LogP contribution in [0.1, 0.15) is 5.56 Å². The fourth-order valence-electron chi connectivity index (χ4n) is 2.24. The minimum atomic E-state index is -0.520. The first-order chi connectivity index (χ1) is 11.6. The summed E-state index contributed by atoms with van der Waals surface area (Å²) in [5, 5.41) is 2.53. The number of methoxy groups -OCH3 is 2. The summed E-state index contributed by atoms with van der Waals surface area (Å²) in [6.07, 6.45) is 2.63. The van der Waals surface area contributed by atoms with Gasteiger partial charge in [-0.3, -0.25) is 4.79 Å². The van der Waals surface area contributed by atoms with E-state index in [1.165, 1.54) is 13.3 Å². The number of esters is 1. The number of para-hydroxylation sites is 1. The molecule has 0 aliphatic rings. The summed E-state index contributed by atoms with van der Waals surface area (Å²) in [5.41, 5.74) is 2.80. The molecule has 0 saturated carbocycles. The van der Waals surface area contributed by atoms with Crippen LogP contribution >= 0.6 is 0 Å². The molecule has 1 amide bonds. The average molecular weight is 325 g/mol. The highest BCUT2D eigenvalue weighted by Crippen LogP contribution is 2.29. The van der Waals surface area contributed by atoms with Crippen LogP contribution in [0.4, 0.5) is 0 Å². The van der Waals surface area contributed by atoms with Gasteiger partial charge in [-0.25, -0.2) is 4.79 Å². The van der Waals surface area contributed by atoms with Crippen LogP contribution in [0.25, 0.3) is 11.1 Å². The largest absolute Gasteiger partial charge is 0.496 e. The van der Waals surface area contributed by atoms with Gasteiger partial charge in [-0.2, -0.15) is 0 Å². The molecule has 0 spiro atoms. The molecule has 0 bridgehead atoms. The first kappa shape index (κ1) is 17.3. The molecule has 0 aromatic heterocycles. The molecule has 0 aliphatic heterocycles. The highest BCUT2D eigenvalue weighted by molar-refractivity contribution is 5.84. The maximum absolute atomic E-state index is 11.9. The minimum absolute atomic E-state index is 0.203. The molecule has 2 aromatic carbocycles. The monoisotopic (exact) mass is 325 g/mol. The summed E-state index contributed by atoms with van der Waals surface area (Å²) in [5.74, 6) is 0.0425. The van der Waals surface area contributed by atoms with E-state index in [0.717, 1.165) is 28.5 Å². The van der Waals surface area contributed by atoms with Gasteiger partial charge in [-0.15, -0.1) is 0 Å². The molecule has 5 heteroatoms. The number of hydrogen-bond donors (Lipinski definition) is 1. The molecule has 0 atom stereocenters. The van der Waals surface area contributed by atoms with E-state index in [0.29, 0.717) is 0 Å². The van der Waals surface area contributed by atoms with Crippen molar-refractivity contribution in [3.05, 3.63) is 66.4 Å². The second-order valence-corrected chi connectivity index (χ2v) is 5.00. The van der Waals surface area contributed by atoms with Crippen LogP contribution < -0.4 is 10.1 Å². The smallest absolute Gasteiger partial charge is 0.331 e. The Kier molecular flexibility index (Phi) is 6.14. The molecule has 1 N–H and O–H groups in total. The molecule has 2 rings (SSSR count). The standard InChI is InChI=1S/C19H19NO4/c1-23-17-9-4-3-8-16(17)15-7-5-6-14(12-15)13-18(21)20-11-10-19(22)24-2/h3-12H,13H2,1-2H3,(H,20,21). The van der Waals surface area contributed by atoms with Gasteiger partial charge < -0.3 is 14.8 Å². The first-order valence-electron chi connectivity index (χ1n) is 7.40. The molecular weight excluding hydrogens is 306 g/mol. The van der Waals surface area contributed by atoms with E-state index >= 15 is 0 Å². The SMILES string of the molecule is COC(=O)C=CNC(=O)Cc1cccc(-c2ccccc2OC)c1. The second kappa shape index (κ2) is 8.53. The number of rotatable bonds is 6. The molecular formula is C19H19NO4. The highest BCUT2D eigenvalue weighted by atomic mass is 16.5. The Bertz CT molecular complexity index is 753. The molecule has 0 radical (unpaired) electrons. The molecule has 2 aromatic rings. The Hall–Kier alpha value is -3.08. The van der Waals surface area contributed by atoms with E-state index < -0.39 is 5.97 Å². The van der Waals surface area contributed by atoms with E-state index in [-0.39, 0.29) is 12.3 Å². The normalized spacial score (nSPS) is 10.4. The summed E-state index contributed by atoms with van der Waals surface area (Å²) < 4.78 is 9.82. The lowest BCUT2D eigenvalue weighted by atomic mass is 10.0. The fourth-order valence-corrected chi connectivity index (χ4v) is 2.24. The van der Waals surface area contributed by atoms with Gasteiger partial charge in [-0.05, 0) is 17.2 Å². The molecule has 0 heterocycles. The summed E-state index contributed by atoms with van der Waals surface area (Å²) in [7, 11) is 2.90. The van der Waals surface area contributed by atoms with Gasteiger partial charge in [0.1, 0.15) is 5.75 Å². The van der Waals surface area contributed by atoms with Crippen molar-refractivity contribution >= 4 is 11.9 Å². The fraction of sp³-hybridized carbons (Fsp3) is 0.158. The van der Waals surface area contributed by atoms with Crippen molar-refractivity contribution in [1.29, 1.82) is 0 Å². The molecule has 5 nitrogen and oxygen atoms in total. The Morgan fingerprint density at radius 3 is 2.62 bits per heavy atom. The maximum Gasteiger partial charge on any atom is 0.331 e. The van der Waals surface area contributed by atoms with Gasteiger partial charge in [0, 0.05) is 17.8 Å². The number of nitrogens with one attached hydrogen (secondary N) is 1. The summed E-state index contributed by atoms with van der Waals surface area (Å²) in [6.45, 7) is 0. The zero-order valence-electron chi connectivity index (χ0n) is 13.6. The lowest BCUT2D eigenvalue weighted by molar-refractivity contribution is -0.134. The molecule has 24 heavy (non-hydrogen) atoms. The first-order valence-corrected chi connectivity index (χ1v) is 7.40. The van der Waals surface area contributed by atoms with Crippen LogP contribution in [0.15, 0.2) is 60.8 Å². The predicted octanol–water partition coefficient (Wildman–Crippen LogP) is 2.71. The Morgan fingerprint density at radius 2 is 1.88 bits per heavy atom. The van der Waals surface area contributed by atoms with E-state index in [1.807, 2.05) is 48.5 Å². The topological polar surface area (TPSA) is 64.6 Å². The third-order valence-corrected chi connectivity index (χ3v) is 3.37. The van der Waals surface area contributed by atoms with E-state index in [2.05, 4.69) is 10.1 Å². The molecule has 0 unspecified atom stereocenters. The van der Waals surface area contributed by atoms with Gasteiger partial charge in [0.15, 0.2) is 0 Å². The summed E-state index contributed by atoms with van der Waals surface area (Å²) in [6, 6.07) is 15.4. The third kappa shape index (κ3) is 4.71. The van der Waals surface area contributed by atoms with Gasteiger partial charge in [-0.1, -0.05) is 42.5 Å². The van der Waals surface area contributed by atoms with Crippen molar-refractivity contribution in [1.82, 2.24) is 5.32 Å². The minimum Gasteiger partial charge on any atom is -0.496 e. The van der Waals surface area contributed by atoms with Crippen LogP contribution in [0.2, 0.25) is 0 Å². The maximum atomic E-state index is 11.9. The average Bonchev–Trinajstić information content (AvgIpc) is 2.61.